The average Bonchev–Trinajstić information content (AvgIpc) is 3.12. The molecule has 2 aliphatic rings. The smallest absolute Gasteiger partial charge is 0.317 e. The lowest BCUT2D eigenvalue weighted by Gasteiger charge is -2.26. The number of anilines is 1. The van der Waals surface area contributed by atoms with E-state index in [0.29, 0.717) is 19.0 Å². The largest absolute Gasteiger partial charge is 0.348 e. The molecule has 2 N–H and O–H groups in total. The molecule has 1 aliphatic heterocycles. The highest BCUT2D eigenvalue weighted by molar-refractivity contribution is 5.75. The van der Waals surface area contributed by atoms with E-state index in [1.165, 1.54) is 0 Å². The summed E-state index contributed by atoms with van der Waals surface area (Å²) in [6.07, 6.45) is 8.42. The number of H-pyrrole nitrogens is 1. The van der Waals surface area contributed by atoms with E-state index in [4.69, 9.17) is 0 Å². The van der Waals surface area contributed by atoms with Crippen LogP contribution in [0.2, 0.25) is 0 Å². The molecule has 0 saturated carbocycles. The minimum atomic E-state index is -0.148. The highest BCUT2D eigenvalue weighted by Crippen LogP contribution is 2.17. The molecule has 8 heteroatoms. The minimum absolute atomic E-state index is 0.0200. The quantitative estimate of drug-likeness (QED) is 0.756. The molecule has 1 aromatic rings. The van der Waals surface area contributed by atoms with Crippen molar-refractivity contribution in [3.05, 3.63) is 34.3 Å². The van der Waals surface area contributed by atoms with Gasteiger partial charge in [-0.25, -0.2) is 9.78 Å². The van der Waals surface area contributed by atoms with Crippen molar-refractivity contribution in [3.8, 4) is 0 Å². The van der Waals surface area contributed by atoms with E-state index in [-0.39, 0.29) is 23.7 Å². The molecule has 2 amide bonds. The summed E-state index contributed by atoms with van der Waals surface area (Å²) in [5, 5.41) is 3.12. The first-order valence-electron chi connectivity index (χ1n) is 9.62. The van der Waals surface area contributed by atoms with Crippen LogP contribution in [-0.4, -0.2) is 72.1 Å². The summed E-state index contributed by atoms with van der Waals surface area (Å²) in [6.45, 7) is 2.03. The van der Waals surface area contributed by atoms with Gasteiger partial charge in [-0.2, -0.15) is 0 Å². The third-order valence-electron chi connectivity index (χ3n) is 5.25. The zero-order valence-electron chi connectivity index (χ0n) is 16.4. The summed E-state index contributed by atoms with van der Waals surface area (Å²) in [6, 6.07) is 1.99. The molecule has 3 rings (SSSR count). The predicted molar refractivity (Wildman–Crippen MR) is 106 cm³/mol. The van der Waals surface area contributed by atoms with Gasteiger partial charge < -0.3 is 15.1 Å². The topological polar surface area (TPSA) is 84.6 Å². The number of hydrogen-bond donors (Lipinski definition) is 2. The number of carbonyl (C=O) groups is 1. The predicted octanol–water partition coefficient (Wildman–Crippen LogP) is 1.16. The second-order valence-electron chi connectivity index (χ2n) is 7.67. The van der Waals surface area contributed by atoms with Crippen molar-refractivity contribution in [2.24, 2.45) is 0 Å². The van der Waals surface area contributed by atoms with Crippen LogP contribution in [0.4, 0.5) is 10.7 Å². The van der Waals surface area contributed by atoms with Crippen LogP contribution in [0.25, 0.3) is 0 Å². The second kappa shape index (κ2) is 8.56. The zero-order valence-corrected chi connectivity index (χ0v) is 16.4. The zero-order chi connectivity index (χ0) is 19.4. The average molecular weight is 374 g/mol. The first-order chi connectivity index (χ1) is 12.9. The Morgan fingerprint density at radius 3 is 2.89 bits per heavy atom. The van der Waals surface area contributed by atoms with Crippen LogP contribution in [0.3, 0.4) is 0 Å². The lowest BCUT2D eigenvalue weighted by atomic mass is 10.0. The van der Waals surface area contributed by atoms with Gasteiger partial charge in [0.15, 0.2) is 0 Å². The molecule has 1 aromatic heterocycles. The number of nitrogens with zero attached hydrogens (tertiary/aromatic N) is 4. The van der Waals surface area contributed by atoms with Crippen LogP contribution in [0, 0.1) is 0 Å². The summed E-state index contributed by atoms with van der Waals surface area (Å²) in [4.78, 5) is 37.4. The molecule has 0 aromatic carbocycles. The highest BCUT2D eigenvalue weighted by atomic mass is 16.2. The van der Waals surface area contributed by atoms with Gasteiger partial charge in [0.25, 0.3) is 5.56 Å². The third-order valence-corrected chi connectivity index (χ3v) is 5.25. The van der Waals surface area contributed by atoms with Crippen molar-refractivity contribution in [2.75, 3.05) is 39.1 Å². The summed E-state index contributed by atoms with van der Waals surface area (Å²) in [5.74, 6) is 0.555. The van der Waals surface area contributed by atoms with Gasteiger partial charge in [-0.1, -0.05) is 12.2 Å². The minimum Gasteiger partial charge on any atom is -0.348 e. The van der Waals surface area contributed by atoms with Crippen LogP contribution in [0.5, 0.6) is 0 Å². The number of hydrogen-bond acceptors (Lipinski definition) is 5. The molecule has 1 saturated heterocycles. The number of aromatic nitrogens is 2. The number of nitrogens with one attached hydrogen (secondary N) is 2. The van der Waals surface area contributed by atoms with Gasteiger partial charge in [0.1, 0.15) is 0 Å². The molecule has 148 valence electrons. The van der Waals surface area contributed by atoms with Crippen molar-refractivity contribution in [1.82, 2.24) is 25.1 Å². The van der Waals surface area contributed by atoms with E-state index in [2.05, 4.69) is 32.3 Å². The fourth-order valence-corrected chi connectivity index (χ4v) is 3.64. The molecule has 2 unspecified atom stereocenters. The molecular formula is C19H30N6O2. The fraction of sp³-hybridized carbons (Fsp3) is 0.632. The number of amides is 2. The molecule has 8 nitrogen and oxygen atoms in total. The first-order valence-corrected chi connectivity index (χ1v) is 9.62. The Bertz CT molecular complexity index is 744. The maximum atomic E-state index is 12.5. The number of allylic oxidation sites excluding steroid dienone is 1. The van der Waals surface area contributed by atoms with Gasteiger partial charge >= 0.3 is 6.03 Å². The Hall–Kier alpha value is -2.35. The van der Waals surface area contributed by atoms with Crippen molar-refractivity contribution < 1.29 is 4.79 Å². The second-order valence-corrected chi connectivity index (χ2v) is 7.67. The highest BCUT2D eigenvalue weighted by Gasteiger charge is 2.29. The molecule has 2 atom stereocenters. The lowest BCUT2D eigenvalue weighted by Crippen LogP contribution is -2.45. The SMILES string of the molecule is CN(C)c1nc(CN(C)C2CCN(C(=O)NC3C=CCCC3)C2)cc(=O)[nH]1. The van der Waals surface area contributed by atoms with Crippen molar-refractivity contribution in [3.63, 3.8) is 0 Å². The van der Waals surface area contributed by atoms with Crippen LogP contribution in [0.1, 0.15) is 31.4 Å². The van der Waals surface area contributed by atoms with Crippen LogP contribution in [-0.2, 0) is 6.54 Å². The Labute approximate surface area is 160 Å². The Kier molecular flexibility index (Phi) is 6.15. The number of likely N-dealkylation sites (tertiary alicyclic amines) is 1. The van der Waals surface area contributed by atoms with Crippen molar-refractivity contribution >= 4 is 12.0 Å². The number of carbonyl (C=O) groups excluding carboxylic acids is 1. The fourth-order valence-electron chi connectivity index (χ4n) is 3.64. The number of urea groups is 1. The Morgan fingerprint density at radius 1 is 1.37 bits per heavy atom. The molecule has 2 heterocycles. The molecular weight excluding hydrogens is 344 g/mol. The normalized spacial score (nSPS) is 22.3. The maximum Gasteiger partial charge on any atom is 0.317 e. The Morgan fingerprint density at radius 2 is 2.19 bits per heavy atom. The summed E-state index contributed by atoms with van der Waals surface area (Å²) < 4.78 is 0. The molecule has 27 heavy (non-hydrogen) atoms. The molecule has 1 fully saturated rings. The van der Waals surface area contributed by atoms with Gasteiger partial charge in [-0.15, -0.1) is 0 Å². The number of likely N-dealkylation sites (N-methyl/N-ethyl adjacent to an activating group) is 1. The van der Waals surface area contributed by atoms with E-state index in [1.54, 1.807) is 11.0 Å². The first kappa shape index (κ1) is 19.4. The molecule has 1 aliphatic carbocycles. The van der Waals surface area contributed by atoms with E-state index in [0.717, 1.165) is 37.9 Å². The maximum absolute atomic E-state index is 12.5. The molecule has 0 radical (unpaired) electrons. The third kappa shape index (κ3) is 5.09. The van der Waals surface area contributed by atoms with Crippen molar-refractivity contribution in [1.29, 1.82) is 0 Å². The summed E-state index contributed by atoms with van der Waals surface area (Å²) in [5.41, 5.74) is 0.588. The van der Waals surface area contributed by atoms with Crippen molar-refractivity contribution in [2.45, 2.75) is 44.3 Å². The van der Waals surface area contributed by atoms with E-state index in [1.807, 2.05) is 26.0 Å². The van der Waals surface area contributed by atoms with Crippen LogP contribution >= 0.6 is 0 Å². The lowest BCUT2D eigenvalue weighted by molar-refractivity contribution is 0.194. The van der Waals surface area contributed by atoms with Gasteiger partial charge in [0.2, 0.25) is 5.95 Å². The van der Waals surface area contributed by atoms with E-state index < -0.39 is 0 Å². The van der Waals surface area contributed by atoms with Gasteiger partial charge in [0, 0.05) is 51.9 Å². The van der Waals surface area contributed by atoms with Gasteiger partial charge in [-0.05, 0) is 32.7 Å². The molecule has 0 bridgehead atoms. The Balaban J connectivity index is 1.55. The number of aromatic amines is 1. The van der Waals surface area contributed by atoms with Gasteiger partial charge in [0.05, 0.1) is 5.69 Å². The van der Waals surface area contributed by atoms with Gasteiger partial charge in [-0.3, -0.25) is 14.7 Å². The van der Waals surface area contributed by atoms with E-state index in [9.17, 15) is 9.59 Å². The standard InChI is InChI=1S/C19H30N6O2/c1-23(2)18-20-15(11-17(26)22-18)12-24(3)16-9-10-25(13-16)19(27)21-14-7-5-4-6-8-14/h5,7,11,14,16H,4,6,8-10,12-13H2,1-3H3,(H,21,27)(H,20,22,26). The van der Waals surface area contributed by atoms with Crippen LogP contribution < -0.4 is 15.8 Å². The summed E-state index contributed by atoms with van der Waals surface area (Å²) in [7, 11) is 5.72. The van der Waals surface area contributed by atoms with E-state index >= 15 is 0 Å². The number of rotatable bonds is 5. The monoisotopic (exact) mass is 374 g/mol. The summed E-state index contributed by atoms with van der Waals surface area (Å²) >= 11 is 0. The molecule has 0 spiro atoms. The van der Waals surface area contributed by atoms with Crippen LogP contribution in [0.15, 0.2) is 23.0 Å².